The van der Waals surface area contributed by atoms with Crippen molar-refractivity contribution in [2.45, 2.75) is 21.3 Å². The van der Waals surface area contributed by atoms with Crippen molar-refractivity contribution in [2.75, 3.05) is 0 Å². The fourth-order valence-corrected chi connectivity index (χ4v) is 4.50. The van der Waals surface area contributed by atoms with Crippen molar-refractivity contribution in [3.63, 3.8) is 0 Å². The minimum absolute atomic E-state index is 0. The van der Waals surface area contributed by atoms with Crippen LogP contribution < -0.4 is 4.04 Å². The normalized spacial score (nSPS) is 10.2. The van der Waals surface area contributed by atoms with E-state index >= 15 is 0 Å². The molecule has 0 amide bonds. The van der Waals surface area contributed by atoms with Crippen molar-refractivity contribution in [1.29, 1.82) is 0 Å². The van der Waals surface area contributed by atoms with E-state index in [4.69, 9.17) is 0 Å². The van der Waals surface area contributed by atoms with E-state index in [0.717, 1.165) is 11.5 Å². The first-order valence-corrected chi connectivity index (χ1v) is 10.2. The summed E-state index contributed by atoms with van der Waals surface area (Å²) in [6.07, 6.45) is 0. The maximum atomic E-state index is 3.36. The van der Waals surface area contributed by atoms with Gasteiger partial charge < -0.3 is 0 Å². The van der Waals surface area contributed by atoms with Gasteiger partial charge in [-0.2, -0.15) is 0 Å². The first-order valence-electron chi connectivity index (χ1n) is 7.40. The fourth-order valence-electron chi connectivity index (χ4n) is 2.23. The molecule has 0 atom stereocenters. The summed E-state index contributed by atoms with van der Waals surface area (Å²) in [6, 6.07) is 27.9. The summed E-state index contributed by atoms with van der Waals surface area (Å²) in [5.41, 5.74) is 2.74. The zero-order chi connectivity index (χ0) is 15.9. The Kier molecular flexibility index (Phi) is 8.46. The van der Waals surface area contributed by atoms with Crippen LogP contribution in [0, 0.1) is 0 Å². The molecule has 0 N–H and O–H groups in total. The summed E-state index contributed by atoms with van der Waals surface area (Å²) in [7, 11) is 0. The molecule has 4 heteroatoms. The van der Waals surface area contributed by atoms with Crippen LogP contribution in [0.15, 0.2) is 88.7 Å². The molecule has 127 valence electrons. The molecule has 3 aromatic rings. The van der Waals surface area contributed by atoms with Crippen molar-refractivity contribution in [3.05, 3.63) is 90.0 Å². The van der Waals surface area contributed by atoms with Crippen LogP contribution in [0.5, 0.6) is 0 Å². The van der Waals surface area contributed by atoms with Crippen molar-refractivity contribution in [3.8, 4) is 0 Å². The molecule has 0 heterocycles. The van der Waals surface area contributed by atoms with Crippen LogP contribution in [0.2, 0.25) is 0 Å². The van der Waals surface area contributed by atoms with Crippen molar-refractivity contribution in [1.82, 2.24) is 0 Å². The van der Waals surface area contributed by atoms with E-state index < -0.39 is 0 Å². The molecule has 0 bridgehead atoms. The minimum atomic E-state index is 0. The van der Waals surface area contributed by atoms with Gasteiger partial charge >= 0.3 is 158 Å². The van der Waals surface area contributed by atoms with Crippen LogP contribution in [0.3, 0.4) is 0 Å². The van der Waals surface area contributed by atoms with Crippen LogP contribution in [-0.4, -0.2) is 0 Å². The molecule has 0 saturated carbocycles. The van der Waals surface area contributed by atoms with Gasteiger partial charge in [-0.15, -0.1) is 12.4 Å². The summed E-state index contributed by atoms with van der Waals surface area (Å²) in [4.78, 5) is 2.63. The Morgan fingerprint density at radius 3 is 1.46 bits per heavy atom. The second kappa shape index (κ2) is 10.3. The standard InChI is InChI=1S/C20H17S2.ClH.Pd/c1-3-10-19(11-4-1)21-15-17-8-7-9-18(14-17)16-22-20-12-5-2-6-13-20;;/h1-6,8-14H,15-16H2;1H;. The van der Waals surface area contributed by atoms with E-state index in [1.54, 1.807) is 0 Å². The van der Waals surface area contributed by atoms with E-state index in [1.807, 2.05) is 23.5 Å². The number of benzene rings is 3. The van der Waals surface area contributed by atoms with Gasteiger partial charge in [0.15, 0.2) is 0 Å². The average molecular weight is 464 g/mol. The van der Waals surface area contributed by atoms with Crippen LogP contribution >= 0.6 is 35.9 Å². The Balaban J connectivity index is 0.00000208. The average Bonchev–Trinajstić information content (AvgIpc) is 2.60. The van der Waals surface area contributed by atoms with E-state index in [9.17, 15) is 0 Å². The summed E-state index contributed by atoms with van der Waals surface area (Å²) in [5.74, 6) is 2.00. The molecule has 0 aliphatic rings. The van der Waals surface area contributed by atoms with Crippen molar-refractivity contribution < 1.29 is 19.2 Å². The third-order valence-electron chi connectivity index (χ3n) is 3.30. The fraction of sp³-hybridized carbons (Fsp3) is 0.100. The zero-order valence-corrected chi connectivity index (χ0v) is 17.0. The quantitative estimate of drug-likeness (QED) is 0.331. The molecule has 0 radical (unpaired) electrons. The number of rotatable bonds is 6. The van der Waals surface area contributed by atoms with Crippen LogP contribution in [0.1, 0.15) is 11.1 Å². The monoisotopic (exact) mass is 463 g/mol. The zero-order valence-electron chi connectivity index (χ0n) is 13.0. The maximum absolute atomic E-state index is 3.36. The molecule has 0 unspecified atom stereocenters. The van der Waals surface area contributed by atoms with Crippen molar-refractivity contribution >= 4 is 40.0 Å². The number of hydrogen-bond acceptors (Lipinski definition) is 2. The van der Waals surface area contributed by atoms with Crippen LogP contribution in [0.4, 0.5) is 0 Å². The first kappa shape index (κ1) is 19.6. The summed E-state index contributed by atoms with van der Waals surface area (Å²) in [5, 5.41) is 0. The third kappa shape index (κ3) is 6.32. The molecule has 0 fully saturated rings. The third-order valence-corrected chi connectivity index (χ3v) is 5.91. The number of thioether (sulfide) groups is 2. The Morgan fingerprint density at radius 1 is 0.625 bits per heavy atom. The molecule has 0 spiro atoms. The Hall–Kier alpha value is -0.688. The van der Waals surface area contributed by atoms with E-state index in [-0.39, 0.29) is 12.4 Å². The molecule has 3 rings (SSSR count). The molecular formula is C20H18ClPdS2. The predicted molar refractivity (Wildman–Crippen MR) is 105 cm³/mol. The first-order chi connectivity index (χ1) is 11.3. The van der Waals surface area contributed by atoms with E-state index in [1.165, 1.54) is 25.0 Å². The van der Waals surface area contributed by atoms with Crippen LogP contribution in [-0.2, 0) is 30.7 Å². The molecule has 0 nitrogen and oxygen atoms in total. The van der Waals surface area contributed by atoms with Crippen LogP contribution in [0.25, 0.3) is 0 Å². The van der Waals surface area contributed by atoms with Gasteiger partial charge in [0.05, 0.1) is 0 Å². The topological polar surface area (TPSA) is 0 Å². The van der Waals surface area contributed by atoms with Gasteiger partial charge in [0.25, 0.3) is 0 Å². The molecule has 0 aromatic heterocycles. The Labute approximate surface area is 169 Å². The molecular weight excluding hydrogens is 446 g/mol. The van der Waals surface area contributed by atoms with Gasteiger partial charge in [-0.05, 0) is 0 Å². The SMILES string of the molecule is Cl.[Pd][c]1cc(CSc2ccccc2)cc(CSc2ccccc2)c1. The van der Waals surface area contributed by atoms with Gasteiger partial charge in [-0.25, -0.2) is 0 Å². The Morgan fingerprint density at radius 2 is 1.04 bits per heavy atom. The number of halogens is 1. The molecule has 0 aliphatic carbocycles. The van der Waals surface area contributed by atoms with Crippen molar-refractivity contribution in [2.24, 2.45) is 0 Å². The molecule has 0 aliphatic heterocycles. The molecule has 24 heavy (non-hydrogen) atoms. The van der Waals surface area contributed by atoms with Gasteiger partial charge in [0.2, 0.25) is 0 Å². The van der Waals surface area contributed by atoms with Gasteiger partial charge in [-0.3, -0.25) is 0 Å². The molecule has 0 saturated heterocycles. The van der Waals surface area contributed by atoms with Gasteiger partial charge in [0, 0.05) is 0 Å². The van der Waals surface area contributed by atoms with E-state index in [0.29, 0.717) is 0 Å². The second-order valence-corrected chi connectivity index (χ2v) is 8.13. The predicted octanol–water partition coefficient (Wildman–Crippen LogP) is 5.87. The summed E-state index contributed by atoms with van der Waals surface area (Å²) < 4.78 is 1.20. The number of hydrogen-bond donors (Lipinski definition) is 0. The summed E-state index contributed by atoms with van der Waals surface area (Å²) in [6.45, 7) is 0. The second-order valence-electron chi connectivity index (χ2n) is 5.14. The van der Waals surface area contributed by atoms with Gasteiger partial charge in [0.1, 0.15) is 0 Å². The summed E-state index contributed by atoms with van der Waals surface area (Å²) >= 11 is 7.12. The Bertz CT molecular complexity index is 686. The molecule has 3 aromatic carbocycles. The van der Waals surface area contributed by atoms with Gasteiger partial charge in [-0.1, -0.05) is 0 Å². The van der Waals surface area contributed by atoms with E-state index in [2.05, 4.69) is 98.1 Å².